The molecular formula is C16H16FNO2. The van der Waals surface area contributed by atoms with E-state index in [2.05, 4.69) is 5.32 Å². The monoisotopic (exact) mass is 273 g/mol. The number of carboxylic acids is 1. The summed E-state index contributed by atoms with van der Waals surface area (Å²) in [5, 5.41) is 11.9. The van der Waals surface area contributed by atoms with Crippen LogP contribution >= 0.6 is 0 Å². The average molecular weight is 273 g/mol. The highest BCUT2D eigenvalue weighted by molar-refractivity contribution is 5.70. The molecule has 0 radical (unpaired) electrons. The van der Waals surface area contributed by atoms with Crippen LogP contribution in [0.5, 0.6) is 0 Å². The zero-order valence-electron chi connectivity index (χ0n) is 11.2. The summed E-state index contributed by atoms with van der Waals surface area (Å²) in [5.74, 6) is -1.19. The topological polar surface area (TPSA) is 49.3 Å². The van der Waals surface area contributed by atoms with E-state index in [-0.39, 0.29) is 12.2 Å². The molecule has 20 heavy (non-hydrogen) atoms. The number of hydrogen-bond donors (Lipinski definition) is 2. The normalized spacial score (nSPS) is 10.3. The van der Waals surface area contributed by atoms with E-state index in [1.165, 1.54) is 6.07 Å². The molecule has 2 rings (SSSR count). The minimum Gasteiger partial charge on any atom is -0.481 e. The van der Waals surface area contributed by atoms with E-state index in [9.17, 15) is 9.18 Å². The van der Waals surface area contributed by atoms with Crippen LogP contribution in [0.15, 0.2) is 42.5 Å². The fourth-order valence-corrected chi connectivity index (χ4v) is 2.03. The van der Waals surface area contributed by atoms with E-state index in [0.29, 0.717) is 12.2 Å². The van der Waals surface area contributed by atoms with Crippen molar-refractivity contribution in [2.45, 2.75) is 19.9 Å². The minimum absolute atomic E-state index is 0.0336. The Hall–Kier alpha value is -2.36. The van der Waals surface area contributed by atoms with E-state index < -0.39 is 5.97 Å². The van der Waals surface area contributed by atoms with Crippen LogP contribution in [0.2, 0.25) is 0 Å². The number of benzene rings is 2. The molecule has 0 aliphatic rings. The lowest BCUT2D eigenvalue weighted by molar-refractivity contribution is -0.136. The summed E-state index contributed by atoms with van der Waals surface area (Å²) in [7, 11) is 0. The summed E-state index contributed by atoms with van der Waals surface area (Å²) in [4.78, 5) is 10.8. The molecule has 2 aromatic rings. The molecular weight excluding hydrogens is 257 g/mol. The van der Waals surface area contributed by atoms with E-state index in [0.717, 1.165) is 16.7 Å². The highest BCUT2D eigenvalue weighted by Gasteiger charge is 2.07. The van der Waals surface area contributed by atoms with Crippen LogP contribution in [0, 0.1) is 12.7 Å². The largest absolute Gasteiger partial charge is 0.481 e. The fraction of sp³-hybridized carbons (Fsp3) is 0.188. The molecule has 0 saturated heterocycles. The van der Waals surface area contributed by atoms with Crippen molar-refractivity contribution in [1.82, 2.24) is 0 Å². The van der Waals surface area contributed by atoms with Gasteiger partial charge in [-0.15, -0.1) is 0 Å². The van der Waals surface area contributed by atoms with Crippen molar-refractivity contribution in [3.05, 3.63) is 65.0 Å². The predicted octanol–water partition coefficient (Wildman–Crippen LogP) is 3.37. The molecule has 0 spiro atoms. The maximum atomic E-state index is 13.6. The second-order valence-corrected chi connectivity index (χ2v) is 4.68. The van der Waals surface area contributed by atoms with Gasteiger partial charge in [0.25, 0.3) is 0 Å². The second kappa shape index (κ2) is 6.19. The average Bonchev–Trinajstić information content (AvgIpc) is 2.41. The minimum atomic E-state index is -0.876. The van der Waals surface area contributed by atoms with Crippen molar-refractivity contribution >= 4 is 11.7 Å². The molecule has 0 fully saturated rings. The molecule has 3 nitrogen and oxygen atoms in total. The van der Waals surface area contributed by atoms with Gasteiger partial charge >= 0.3 is 5.97 Å². The van der Waals surface area contributed by atoms with Gasteiger partial charge < -0.3 is 10.4 Å². The Morgan fingerprint density at radius 3 is 2.60 bits per heavy atom. The summed E-state index contributed by atoms with van der Waals surface area (Å²) in [6.45, 7) is 2.28. The lowest BCUT2D eigenvalue weighted by Gasteiger charge is -2.11. The zero-order chi connectivity index (χ0) is 14.5. The predicted molar refractivity (Wildman–Crippen MR) is 76.2 cm³/mol. The third-order valence-corrected chi connectivity index (χ3v) is 3.05. The molecule has 0 aliphatic heterocycles. The standard InChI is InChI=1S/C16H16FNO2/c1-11-6-7-14(17)15(8-11)18-10-13-5-3-2-4-12(13)9-16(19)20/h2-8,18H,9-10H2,1H3,(H,19,20). The van der Waals surface area contributed by atoms with Gasteiger partial charge in [-0.1, -0.05) is 30.3 Å². The van der Waals surface area contributed by atoms with Gasteiger partial charge in [-0.25, -0.2) is 4.39 Å². The van der Waals surface area contributed by atoms with Crippen molar-refractivity contribution in [3.8, 4) is 0 Å². The van der Waals surface area contributed by atoms with Gasteiger partial charge in [0.2, 0.25) is 0 Å². The van der Waals surface area contributed by atoms with Crippen molar-refractivity contribution in [2.24, 2.45) is 0 Å². The van der Waals surface area contributed by atoms with Crippen LogP contribution in [0.25, 0.3) is 0 Å². The Morgan fingerprint density at radius 1 is 1.20 bits per heavy atom. The number of rotatable bonds is 5. The maximum absolute atomic E-state index is 13.6. The molecule has 0 bridgehead atoms. The fourth-order valence-electron chi connectivity index (χ4n) is 2.03. The van der Waals surface area contributed by atoms with E-state index in [1.54, 1.807) is 24.3 Å². The van der Waals surface area contributed by atoms with Gasteiger partial charge in [-0.05, 0) is 35.7 Å². The first-order chi connectivity index (χ1) is 9.56. The molecule has 2 aromatic carbocycles. The number of nitrogens with one attached hydrogen (secondary N) is 1. The second-order valence-electron chi connectivity index (χ2n) is 4.68. The van der Waals surface area contributed by atoms with Gasteiger partial charge in [-0.3, -0.25) is 4.79 Å². The Kier molecular flexibility index (Phi) is 4.35. The van der Waals surface area contributed by atoms with Crippen LogP contribution in [-0.4, -0.2) is 11.1 Å². The molecule has 0 aromatic heterocycles. The van der Waals surface area contributed by atoms with Gasteiger partial charge in [-0.2, -0.15) is 0 Å². The van der Waals surface area contributed by atoms with Crippen LogP contribution in [-0.2, 0) is 17.8 Å². The first-order valence-corrected chi connectivity index (χ1v) is 6.35. The van der Waals surface area contributed by atoms with Gasteiger partial charge in [0, 0.05) is 6.54 Å². The van der Waals surface area contributed by atoms with E-state index in [1.807, 2.05) is 19.1 Å². The number of aliphatic carboxylic acids is 1. The van der Waals surface area contributed by atoms with Crippen molar-refractivity contribution in [3.63, 3.8) is 0 Å². The van der Waals surface area contributed by atoms with Gasteiger partial charge in [0.05, 0.1) is 12.1 Å². The first kappa shape index (κ1) is 14.1. The molecule has 0 amide bonds. The highest BCUT2D eigenvalue weighted by atomic mass is 19.1. The van der Waals surface area contributed by atoms with Crippen molar-refractivity contribution < 1.29 is 14.3 Å². The number of carbonyl (C=O) groups is 1. The Labute approximate surface area is 117 Å². The summed E-state index contributed by atoms with van der Waals surface area (Å²) in [6.07, 6.45) is -0.0336. The summed E-state index contributed by atoms with van der Waals surface area (Å²) in [5.41, 5.74) is 2.99. The first-order valence-electron chi connectivity index (χ1n) is 6.35. The van der Waals surface area contributed by atoms with Crippen LogP contribution in [0.4, 0.5) is 10.1 Å². The highest BCUT2D eigenvalue weighted by Crippen LogP contribution is 2.18. The van der Waals surface area contributed by atoms with E-state index in [4.69, 9.17) is 5.11 Å². The lowest BCUT2D eigenvalue weighted by atomic mass is 10.0. The molecule has 0 unspecified atom stereocenters. The molecule has 0 heterocycles. The maximum Gasteiger partial charge on any atom is 0.307 e. The SMILES string of the molecule is Cc1ccc(F)c(NCc2ccccc2CC(=O)O)c1. The van der Waals surface area contributed by atoms with Crippen LogP contribution in [0.3, 0.4) is 0 Å². The van der Waals surface area contributed by atoms with Gasteiger partial charge in [0.15, 0.2) is 0 Å². The number of aryl methyl sites for hydroxylation is 1. The summed E-state index contributed by atoms with van der Waals surface area (Å²) >= 11 is 0. The number of anilines is 1. The summed E-state index contributed by atoms with van der Waals surface area (Å²) in [6, 6.07) is 12.1. The molecule has 2 N–H and O–H groups in total. The van der Waals surface area contributed by atoms with Crippen LogP contribution in [0.1, 0.15) is 16.7 Å². The lowest BCUT2D eigenvalue weighted by Crippen LogP contribution is -2.08. The molecule has 0 atom stereocenters. The van der Waals surface area contributed by atoms with Crippen LogP contribution < -0.4 is 5.32 Å². The van der Waals surface area contributed by atoms with Crippen molar-refractivity contribution in [2.75, 3.05) is 5.32 Å². The Balaban J connectivity index is 2.14. The number of halogens is 1. The number of hydrogen-bond acceptors (Lipinski definition) is 2. The third kappa shape index (κ3) is 3.57. The van der Waals surface area contributed by atoms with E-state index >= 15 is 0 Å². The number of carboxylic acid groups (broad SMARTS) is 1. The Bertz CT molecular complexity index is 626. The zero-order valence-corrected chi connectivity index (χ0v) is 11.2. The third-order valence-electron chi connectivity index (χ3n) is 3.05. The summed E-state index contributed by atoms with van der Waals surface area (Å²) < 4.78 is 13.6. The quantitative estimate of drug-likeness (QED) is 0.878. The molecule has 0 aliphatic carbocycles. The Morgan fingerprint density at radius 2 is 1.90 bits per heavy atom. The van der Waals surface area contributed by atoms with Gasteiger partial charge in [0.1, 0.15) is 5.82 Å². The molecule has 0 saturated carbocycles. The molecule has 104 valence electrons. The van der Waals surface area contributed by atoms with Crippen molar-refractivity contribution in [1.29, 1.82) is 0 Å². The molecule has 4 heteroatoms. The smallest absolute Gasteiger partial charge is 0.307 e.